The minimum Gasteiger partial charge on any atom is -0.391 e. The normalized spacial score (nSPS) is 12.2. The van der Waals surface area contributed by atoms with E-state index in [-0.39, 0.29) is 18.0 Å². The summed E-state index contributed by atoms with van der Waals surface area (Å²) in [5, 5.41) is 10.8. The van der Waals surface area contributed by atoms with E-state index in [2.05, 4.69) is 4.98 Å². The van der Waals surface area contributed by atoms with E-state index in [0.717, 1.165) is 0 Å². The van der Waals surface area contributed by atoms with Crippen LogP contribution in [0.1, 0.15) is 10.7 Å². The number of aromatic nitrogens is 2. The lowest BCUT2D eigenvalue weighted by Gasteiger charge is -2.16. The Balaban J connectivity index is 2.27. The first-order chi connectivity index (χ1) is 8.96. The standard InChI is InChI=1S/C11H15N3O3S2/c1-13-5-4-12-11(13)7-14(2)19(16,17)10-3-6-18-9(10)8-15/h3-6,15H,7-8H2,1-2H3. The van der Waals surface area contributed by atoms with Crippen LogP contribution in [-0.4, -0.2) is 34.4 Å². The van der Waals surface area contributed by atoms with Crippen LogP contribution >= 0.6 is 11.3 Å². The van der Waals surface area contributed by atoms with Gasteiger partial charge < -0.3 is 9.67 Å². The lowest BCUT2D eigenvalue weighted by atomic mass is 10.5. The molecule has 2 aromatic rings. The number of rotatable bonds is 5. The van der Waals surface area contributed by atoms with Crippen molar-refractivity contribution in [1.82, 2.24) is 13.9 Å². The number of imidazole rings is 1. The van der Waals surface area contributed by atoms with E-state index in [9.17, 15) is 8.42 Å². The molecule has 2 aromatic heterocycles. The number of hydrogen-bond acceptors (Lipinski definition) is 5. The van der Waals surface area contributed by atoms with Gasteiger partial charge in [0, 0.05) is 31.4 Å². The van der Waals surface area contributed by atoms with Crippen molar-refractivity contribution in [2.75, 3.05) is 7.05 Å². The third-order valence-corrected chi connectivity index (χ3v) is 5.74. The van der Waals surface area contributed by atoms with Crippen molar-refractivity contribution in [3.63, 3.8) is 0 Å². The molecule has 0 unspecified atom stereocenters. The van der Waals surface area contributed by atoms with Crippen LogP contribution in [0.3, 0.4) is 0 Å². The summed E-state index contributed by atoms with van der Waals surface area (Å²) in [5.74, 6) is 0.659. The molecule has 2 rings (SSSR count). The zero-order valence-corrected chi connectivity index (χ0v) is 12.3. The zero-order valence-electron chi connectivity index (χ0n) is 10.6. The Morgan fingerprint density at radius 3 is 2.84 bits per heavy atom. The second-order valence-corrected chi connectivity index (χ2v) is 7.10. The summed E-state index contributed by atoms with van der Waals surface area (Å²) in [6.45, 7) is -0.0883. The van der Waals surface area contributed by atoms with Gasteiger partial charge in [0.05, 0.1) is 18.0 Å². The largest absolute Gasteiger partial charge is 0.391 e. The second-order valence-electron chi connectivity index (χ2n) is 4.08. The summed E-state index contributed by atoms with van der Waals surface area (Å²) >= 11 is 1.23. The molecule has 2 heterocycles. The first-order valence-electron chi connectivity index (χ1n) is 5.56. The molecule has 0 spiro atoms. The summed E-state index contributed by atoms with van der Waals surface area (Å²) in [6, 6.07) is 1.51. The first-order valence-corrected chi connectivity index (χ1v) is 7.88. The van der Waals surface area contributed by atoms with Crippen LogP contribution in [0.2, 0.25) is 0 Å². The number of thiophene rings is 1. The van der Waals surface area contributed by atoms with Crippen LogP contribution in [-0.2, 0) is 30.2 Å². The van der Waals surface area contributed by atoms with Gasteiger partial charge in [-0.2, -0.15) is 4.31 Å². The summed E-state index contributed by atoms with van der Waals surface area (Å²) in [5.41, 5.74) is 0. The van der Waals surface area contributed by atoms with Crippen LogP contribution in [0.25, 0.3) is 0 Å². The number of aliphatic hydroxyl groups is 1. The van der Waals surface area contributed by atoms with Gasteiger partial charge in [-0.15, -0.1) is 11.3 Å². The van der Waals surface area contributed by atoms with Gasteiger partial charge in [-0.3, -0.25) is 0 Å². The predicted octanol–water partition coefficient (Wildman–Crippen LogP) is 0.795. The molecule has 0 saturated carbocycles. The van der Waals surface area contributed by atoms with Gasteiger partial charge in [-0.1, -0.05) is 0 Å². The fraction of sp³-hybridized carbons (Fsp3) is 0.364. The van der Waals surface area contributed by atoms with Crippen LogP contribution in [0.5, 0.6) is 0 Å². The van der Waals surface area contributed by atoms with Crippen LogP contribution < -0.4 is 0 Å². The molecule has 0 saturated heterocycles. The first kappa shape index (κ1) is 14.2. The van der Waals surface area contributed by atoms with Gasteiger partial charge in [0.2, 0.25) is 10.0 Å². The van der Waals surface area contributed by atoms with Crippen molar-refractivity contribution in [3.05, 3.63) is 34.5 Å². The molecule has 1 N–H and O–H groups in total. The van der Waals surface area contributed by atoms with Crippen molar-refractivity contribution in [1.29, 1.82) is 0 Å². The highest BCUT2D eigenvalue weighted by atomic mass is 32.2. The average molecular weight is 301 g/mol. The molecule has 0 amide bonds. The Kier molecular flexibility index (Phi) is 4.04. The smallest absolute Gasteiger partial charge is 0.244 e. The number of aliphatic hydroxyl groups excluding tert-OH is 1. The molecule has 0 aliphatic rings. The SMILES string of the molecule is CN(Cc1nccn1C)S(=O)(=O)c1ccsc1CO. The molecule has 0 radical (unpaired) electrons. The fourth-order valence-corrected chi connectivity index (χ4v) is 4.06. The Labute approximate surface area is 116 Å². The van der Waals surface area contributed by atoms with Gasteiger partial charge in [-0.25, -0.2) is 13.4 Å². The Morgan fingerprint density at radius 1 is 1.53 bits per heavy atom. The molecule has 0 bridgehead atoms. The third-order valence-electron chi connectivity index (χ3n) is 2.82. The maximum Gasteiger partial charge on any atom is 0.244 e. The molecule has 19 heavy (non-hydrogen) atoms. The quantitative estimate of drug-likeness (QED) is 0.886. The molecule has 6 nitrogen and oxygen atoms in total. The van der Waals surface area contributed by atoms with E-state index < -0.39 is 10.0 Å². The number of hydrogen-bond donors (Lipinski definition) is 1. The van der Waals surface area contributed by atoms with Crippen LogP contribution in [0, 0.1) is 0 Å². The molecule has 0 fully saturated rings. The molecule has 0 aliphatic heterocycles. The highest BCUT2D eigenvalue weighted by molar-refractivity contribution is 7.89. The predicted molar refractivity (Wildman–Crippen MR) is 72.1 cm³/mol. The maximum atomic E-state index is 12.4. The number of aryl methyl sites for hydroxylation is 1. The average Bonchev–Trinajstić information content (AvgIpc) is 2.98. The van der Waals surface area contributed by atoms with E-state index in [0.29, 0.717) is 10.7 Å². The van der Waals surface area contributed by atoms with Gasteiger partial charge in [0.25, 0.3) is 0 Å². The van der Waals surface area contributed by atoms with E-state index in [1.54, 1.807) is 22.3 Å². The molecule has 8 heteroatoms. The topological polar surface area (TPSA) is 75.4 Å². The fourth-order valence-electron chi connectivity index (χ4n) is 1.67. The molecule has 0 aliphatic carbocycles. The zero-order chi connectivity index (χ0) is 14.0. The lowest BCUT2D eigenvalue weighted by molar-refractivity contribution is 0.282. The van der Waals surface area contributed by atoms with Gasteiger partial charge in [0.15, 0.2) is 0 Å². The van der Waals surface area contributed by atoms with E-state index >= 15 is 0 Å². The monoisotopic (exact) mass is 301 g/mol. The molecule has 0 atom stereocenters. The molecular formula is C11H15N3O3S2. The molecular weight excluding hydrogens is 286 g/mol. The number of sulfonamides is 1. The molecule has 104 valence electrons. The van der Waals surface area contributed by atoms with Gasteiger partial charge in [0.1, 0.15) is 5.82 Å². The van der Waals surface area contributed by atoms with Crippen LogP contribution in [0.15, 0.2) is 28.7 Å². The highest BCUT2D eigenvalue weighted by Crippen LogP contribution is 2.25. The highest BCUT2D eigenvalue weighted by Gasteiger charge is 2.25. The summed E-state index contributed by atoms with van der Waals surface area (Å²) in [4.78, 5) is 4.72. The summed E-state index contributed by atoms with van der Waals surface area (Å²) < 4.78 is 27.8. The van der Waals surface area contributed by atoms with Crippen molar-refractivity contribution in [2.24, 2.45) is 7.05 Å². The van der Waals surface area contributed by atoms with Crippen molar-refractivity contribution in [3.8, 4) is 0 Å². The van der Waals surface area contributed by atoms with Crippen molar-refractivity contribution in [2.45, 2.75) is 18.0 Å². The molecule has 0 aromatic carbocycles. The Morgan fingerprint density at radius 2 is 2.26 bits per heavy atom. The number of nitrogens with zero attached hydrogens (tertiary/aromatic N) is 3. The minimum absolute atomic E-state index is 0.164. The third kappa shape index (κ3) is 2.71. The van der Waals surface area contributed by atoms with E-state index in [1.165, 1.54) is 28.8 Å². The van der Waals surface area contributed by atoms with E-state index in [4.69, 9.17) is 5.11 Å². The minimum atomic E-state index is -3.60. The van der Waals surface area contributed by atoms with Gasteiger partial charge in [-0.05, 0) is 11.4 Å². The maximum absolute atomic E-state index is 12.4. The van der Waals surface area contributed by atoms with Crippen molar-refractivity contribution < 1.29 is 13.5 Å². The van der Waals surface area contributed by atoms with Gasteiger partial charge >= 0.3 is 0 Å². The van der Waals surface area contributed by atoms with Crippen molar-refractivity contribution >= 4 is 21.4 Å². The lowest BCUT2D eigenvalue weighted by Crippen LogP contribution is -2.28. The van der Waals surface area contributed by atoms with Crippen LogP contribution in [0.4, 0.5) is 0 Å². The Bertz CT molecular complexity index is 660. The second kappa shape index (κ2) is 5.41. The summed E-state index contributed by atoms with van der Waals surface area (Å²) in [6.07, 6.45) is 3.39. The van der Waals surface area contributed by atoms with E-state index in [1.807, 2.05) is 7.05 Å². The summed E-state index contributed by atoms with van der Waals surface area (Å²) in [7, 11) is -0.286. The Hall–Kier alpha value is -1.22.